The number of amides is 1. The number of alkyl halides is 2. The summed E-state index contributed by atoms with van der Waals surface area (Å²) >= 11 is 11.9. The van der Waals surface area contributed by atoms with Gasteiger partial charge in [0.25, 0.3) is 0 Å². The second-order valence-electron chi connectivity index (χ2n) is 6.76. The van der Waals surface area contributed by atoms with Crippen LogP contribution in [0.3, 0.4) is 0 Å². The van der Waals surface area contributed by atoms with Crippen LogP contribution in [0.5, 0.6) is 0 Å². The number of rotatable bonds is 5. The summed E-state index contributed by atoms with van der Waals surface area (Å²) < 4.78 is 27.1. The fourth-order valence-electron chi connectivity index (χ4n) is 2.28. The van der Waals surface area contributed by atoms with E-state index in [1.54, 1.807) is 4.57 Å². The predicted molar refractivity (Wildman–Crippen MR) is 92.7 cm³/mol. The molecule has 0 aliphatic heterocycles. The normalized spacial score (nSPS) is 12.6. The minimum atomic E-state index is -2.35. The van der Waals surface area contributed by atoms with Crippen LogP contribution in [-0.2, 0) is 10.3 Å². The molecule has 0 unspecified atom stereocenters. The van der Waals surface area contributed by atoms with E-state index in [0.29, 0.717) is 11.2 Å². The molecule has 0 fully saturated rings. The molecule has 0 atom stereocenters. The van der Waals surface area contributed by atoms with Crippen molar-refractivity contribution in [2.45, 2.75) is 38.3 Å². The highest BCUT2D eigenvalue weighted by molar-refractivity contribution is 6.41. The quantitative estimate of drug-likeness (QED) is 0.760. The van der Waals surface area contributed by atoms with Gasteiger partial charge in [-0.1, -0.05) is 23.2 Å². The zero-order chi connectivity index (χ0) is 19.0. The van der Waals surface area contributed by atoms with Gasteiger partial charge < -0.3 is 5.11 Å². The molecule has 2 heterocycles. The summed E-state index contributed by atoms with van der Waals surface area (Å²) in [7, 11) is 0. The van der Waals surface area contributed by atoms with Crippen LogP contribution in [0.15, 0.2) is 6.07 Å². The maximum atomic E-state index is 12.7. The number of anilines is 1. The lowest BCUT2D eigenvalue weighted by molar-refractivity contribution is -0.122. The Morgan fingerprint density at radius 3 is 2.40 bits per heavy atom. The number of nitrogens with zero attached hydrogens (tertiary/aromatic N) is 3. The van der Waals surface area contributed by atoms with Gasteiger partial charge in [-0.05, 0) is 26.8 Å². The molecule has 0 aliphatic rings. The van der Waals surface area contributed by atoms with Crippen molar-refractivity contribution in [3.63, 3.8) is 0 Å². The molecule has 25 heavy (non-hydrogen) atoms. The third-order valence-electron chi connectivity index (χ3n) is 3.45. The molecule has 6 nitrogen and oxygen atoms in total. The Balaban J connectivity index is 2.45. The fourth-order valence-corrected chi connectivity index (χ4v) is 2.56. The van der Waals surface area contributed by atoms with Crippen molar-refractivity contribution >= 4 is 46.2 Å². The number of fused-ring (bicyclic) bond motifs is 1. The van der Waals surface area contributed by atoms with E-state index in [1.165, 1.54) is 6.07 Å². The van der Waals surface area contributed by atoms with E-state index in [-0.39, 0.29) is 16.1 Å². The second-order valence-corrected chi connectivity index (χ2v) is 7.53. The summed E-state index contributed by atoms with van der Waals surface area (Å²) in [6, 6.07) is 1.50. The average Bonchev–Trinajstić information content (AvgIpc) is 2.84. The number of hydrogen-bond donors (Lipinski definition) is 2. The summed E-state index contributed by atoms with van der Waals surface area (Å²) in [6.45, 7) is 2.81. The third kappa shape index (κ3) is 4.19. The Hall–Kier alpha value is -1.51. The SMILES string of the molecule is CC(C)(C)n1c(NC(=O)CC(O)(CF)CF)nc2cc(Cl)c(Cl)nc21. The van der Waals surface area contributed by atoms with Gasteiger partial charge in [0.15, 0.2) is 5.65 Å². The van der Waals surface area contributed by atoms with Crippen LogP contribution in [0.25, 0.3) is 11.2 Å². The minimum Gasteiger partial charge on any atom is -0.384 e. The highest BCUT2D eigenvalue weighted by atomic mass is 35.5. The van der Waals surface area contributed by atoms with Crippen LogP contribution >= 0.6 is 23.2 Å². The van der Waals surface area contributed by atoms with E-state index in [4.69, 9.17) is 23.2 Å². The first-order valence-electron chi connectivity index (χ1n) is 7.40. The number of carbonyl (C=O) groups excluding carboxylic acids is 1. The Labute approximate surface area is 153 Å². The molecular formula is C15H18Cl2F2N4O2. The van der Waals surface area contributed by atoms with E-state index >= 15 is 0 Å². The first kappa shape index (κ1) is 19.8. The summed E-state index contributed by atoms with van der Waals surface area (Å²) in [5.41, 5.74) is -2.11. The summed E-state index contributed by atoms with van der Waals surface area (Å²) in [4.78, 5) is 20.6. The van der Waals surface area contributed by atoms with Gasteiger partial charge in [-0.15, -0.1) is 0 Å². The highest BCUT2D eigenvalue weighted by Gasteiger charge is 2.32. The topological polar surface area (TPSA) is 80.0 Å². The van der Waals surface area contributed by atoms with E-state index in [1.807, 2.05) is 20.8 Å². The molecule has 138 valence electrons. The molecule has 2 aromatic rings. The largest absolute Gasteiger partial charge is 0.384 e. The number of aromatic nitrogens is 3. The van der Waals surface area contributed by atoms with Gasteiger partial charge in [0, 0.05) is 5.54 Å². The highest BCUT2D eigenvalue weighted by Crippen LogP contribution is 2.31. The molecule has 0 aromatic carbocycles. The molecule has 2 N–H and O–H groups in total. The molecule has 10 heteroatoms. The average molecular weight is 395 g/mol. The van der Waals surface area contributed by atoms with Gasteiger partial charge >= 0.3 is 0 Å². The number of nitrogens with one attached hydrogen (secondary N) is 1. The molecule has 1 amide bonds. The molecular weight excluding hydrogens is 377 g/mol. The first-order chi connectivity index (χ1) is 11.5. The lowest BCUT2D eigenvalue weighted by atomic mass is 10.0. The Bertz CT molecular complexity index is 801. The molecule has 0 spiro atoms. The van der Waals surface area contributed by atoms with E-state index < -0.39 is 36.8 Å². The van der Waals surface area contributed by atoms with E-state index in [2.05, 4.69) is 15.3 Å². The summed E-state index contributed by atoms with van der Waals surface area (Å²) in [6.07, 6.45) is -0.748. The summed E-state index contributed by atoms with van der Waals surface area (Å²) in [5.74, 6) is -0.672. The maximum absolute atomic E-state index is 12.7. The summed E-state index contributed by atoms with van der Waals surface area (Å²) in [5, 5.41) is 12.4. The van der Waals surface area contributed by atoms with E-state index in [0.717, 1.165) is 0 Å². The van der Waals surface area contributed by atoms with Crippen molar-refractivity contribution in [2.75, 3.05) is 18.7 Å². The monoisotopic (exact) mass is 394 g/mol. The van der Waals surface area contributed by atoms with Crippen molar-refractivity contribution in [1.29, 1.82) is 0 Å². The third-order valence-corrected chi connectivity index (χ3v) is 4.13. The lowest BCUT2D eigenvalue weighted by Crippen LogP contribution is -2.39. The standard InChI is InChI=1S/C15H18Cl2F2N4O2/c1-14(2,3)23-12-9(4-8(16)11(17)22-12)20-13(23)21-10(24)5-15(25,6-18)7-19/h4,25H,5-7H2,1-3H3,(H,20,21,24). The molecule has 0 radical (unpaired) electrons. The Morgan fingerprint density at radius 1 is 1.28 bits per heavy atom. The number of pyridine rings is 1. The zero-order valence-corrected chi connectivity index (χ0v) is 15.4. The first-order valence-corrected chi connectivity index (χ1v) is 8.15. The smallest absolute Gasteiger partial charge is 0.229 e. The van der Waals surface area contributed by atoms with Gasteiger partial charge in [0.1, 0.15) is 29.6 Å². The van der Waals surface area contributed by atoms with Gasteiger partial charge in [-0.25, -0.2) is 18.7 Å². The molecule has 0 saturated heterocycles. The zero-order valence-electron chi connectivity index (χ0n) is 13.9. The molecule has 0 aliphatic carbocycles. The number of aliphatic hydroxyl groups is 1. The predicted octanol–water partition coefficient (Wildman–Crippen LogP) is 3.49. The van der Waals surface area contributed by atoms with Crippen molar-refractivity contribution in [3.05, 3.63) is 16.2 Å². The number of halogens is 4. The minimum absolute atomic E-state index is 0.0849. The van der Waals surface area contributed by atoms with Crippen LogP contribution in [-0.4, -0.2) is 44.5 Å². The van der Waals surface area contributed by atoms with Gasteiger partial charge in [0.05, 0.1) is 11.4 Å². The maximum Gasteiger partial charge on any atom is 0.229 e. The van der Waals surface area contributed by atoms with Crippen LogP contribution in [0, 0.1) is 0 Å². The van der Waals surface area contributed by atoms with Gasteiger partial charge in [-0.2, -0.15) is 0 Å². The lowest BCUT2D eigenvalue weighted by Gasteiger charge is -2.25. The Kier molecular flexibility index (Phi) is 5.56. The van der Waals surface area contributed by atoms with Crippen LogP contribution in [0.1, 0.15) is 27.2 Å². The van der Waals surface area contributed by atoms with Crippen LogP contribution in [0.2, 0.25) is 10.2 Å². The van der Waals surface area contributed by atoms with Gasteiger partial charge in [0.2, 0.25) is 11.9 Å². The second kappa shape index (κ2) is 7.01. The van der Waals surface area contributed by atoms with Crippen LogP contribution in [0.4, 0.5) is 14.7 Å². The molecule has 0 bridgehead atoms. The molecule has 2 aromatic heterocycles. The molecule has 0 saturated carbocycles. The number of carbonyl (C=O) groups is 1. The van der Waals surface area contributed by atoms with Crippen molar-refractivity contribution in [1.82, 2.24) is 14.5 Å². The number of hydrogen-bond acceptors (Lipinski definition) is 4. The van der Waals surface area contributed by atoms with Crippen molar-refractivity contribution in [3.8, 4) is 0 Å². The van der Waals surface area contributed by atoms with E-state index in [9.17, 15) is 18.7 Å². The number of imidazole rings is 1. The van der Waals surface area contributed by atoms with Gasteiger partial charge in [-0.3, -0.25) is 14.7 Å². The van der Waals surface area contributed by atoms with Crippen molar-refractivity contribution in [2.24, 2.45) is 0 Å². The fraction of sp³-hybridized carbons (Fsp3) is 0.533. The van der Waals surface area contributed by atoms with Crippen LogP contribution < -0.4 is 5.32 Å². The molecule has 2 rings (SSSR count). The van der Waals surface area contributed by atoms with Crippen molar-refractivity contribution < 1.29 is 18.7 Å². The Morgan fingerprint density at radius 2 is 1.88 bits per heavy atom.